The Morgan fingerprint density at radius 1 is 0.933 bits per heavy atom. The molecule has 0 fully saturated rings. The average Bonchev–Trinajstić information content (AvgIpc) is 2.74. The number of sulfonamides is 1. The highest BCUT2D eigenvalue weighted by atomic mass is 32.2. The van der Waals surface area contributed by atoms with Crippen molar-refractivity contribution in [3.05, 3.63) is 90.0 Å². The zero-order valence-corrected chi connectivity index (χ0v) is 18.7. The van der Waals surface area contributed by atoms with Gasteiger partial charge in [-0.3, -0.25) is 4.79 Å². The van der Waals surface area contributed by atoms with Gasteiger partial charge in [-0.05, 0) is 42.3 Å². The van der Waals surface area contributed by atoms with Crippen LogP contribution >= 0.6 is 11.8 Å². The molecule has 0 saturated heterocycles. The summed E-state index contributed by atoms with van der Waals surface area (Å²) in [5.41, 5.74) is 1.94. The van der Waals surface area contributed by atoms with E-state index in [2.05, 4.69) is 5.32 Å². The lowest BCUT2D eigenvalue weighted by Crippen LogP contribution is -2.24. The second-order valence-corrected chi connectivity index (χ2v) is 10.3. The Labute approximate surface area is 182 Å². The molecule has 0 aliphatic rings. The maximum Gasteiger partial charge on any atom is 0.242 e. The van der Waals surface area contributed by atoms with Gasteiger partial charge in [0.15, 0.2) is 0 Å². The molecular formula is C23H24N2O3S2. The van der Waals surface area contributed by atoms with E-state index >= 15 is 0 Å². The molecule has 3 aromatic rings. The van der Waals surface area contributed by atoms with E-state index < -0.39 is 15.3 Å². The fourth-order valence-corrected chi connectivity index (χ4v) is 5.09. The fourth-order valence-electron chi connectivity index (χ4n) is 2.90. The fraction of sp³-hybridized carbons (Fsp3) is 0.174. The third-order valence-electron chi connectivity index (χ3n) is 4.55. The lowest BCUT2D eigenvalue weighted by molar-refractivity contribution is -0.115. The summed E-state index contributed by atoms with van der Waals surface area (Å²) in [5, 5.41) is 2.41. The number of hydrogen-bond acceptors (Lipinski definition) is 4. The predicted octanol–water partition coefficient (Wildman–Crippen LogP) is 4.72. The Kier molecular flexibility index (Phi) is 6.97. The molecule has 1 N–H and O–H groups in total. The molecule has 0 aromatic heterocycles. The van der Waals surface area contributed by atoms with Crippen molar-refractivity contribution in [2.45, 2.75) is 22.0 Å². The van der Waals surface area contributed by atoms with Crippen molar-refractivity contribution in [3.63, 3.8) is 0 Å². The van der Waals surface area contributed by atoms with Crippen molar-refractivity contribution in [2.24, 2.45) is 0 Å². The number of aryl methyl sites for hydroxylation is 1. The second kappa shape index (κ2) is 9.47. The lowest BCUT2D eigenvalue weighted by atomic mass is 10.1. The Morgan fingerprint density at radius 2 is 1.53 bits per heavy atom. The van der Waals surface area contributed by atoms with Crippen LogP contribution in [0.4, 0.5) is 5.69 Å². The van der Waals surface area contributed by atoms with E-state index in [4.69, 9.17) is 0 Å². The zero-order chi connectivity index (χ0) is 21.7. The summed E-state index contributed by atoms with van der Waals surface area (Å²) in [5.74, 6) is -0.216. The number of benzene rings is 3. The molecule has 3 aromatic carbocycles. The highest BCUT2D eigenvalue weighted by molar-refractivity contribution is 8.00. The minimum absolute atomic E-state index is 0.178. The van der Waals surface area contributed by atoms with Crippen molar-refractivity contribution < 1.29 is 13.2 Å². The molecule has 7 heteroatoms. The monoisotopic (exact) mass is 440 g/mol. The van der Waals surface area contributed by atoms with Gasteiger partial charge in [0, 0.05) is 24.7 Å². The van der Waals surface area contributed by atoms with E-state index in [0.29, 0.717) is 11.3 Å². The van der Waals surface area contributed by atoms with Crippen LogP contribution in [0.1, 0.15) is 16.4 Å². The molecule has 0 saturated carbocycles. The van der Waals surface area contributed by atoms with Crippen LogP contribution < -0.4 is 5.32 Å². The molecule has 0 aliphatic carbocycles. The highest BCUT2D eigenvalue weighted by Crippen LogP contribution is 2.36. The van der Waals surface area contributed by atoms with Crippen LogP contribution in [0.25, 0.3) is 0 Å². The number of amides is 1. The van der Waals surface area contributed by atoms with Gasteiger partial charge in [-0.15, -0.1) is 11.8 Å². The smallest absolute Gasteiger partial charge is 0.242 e. The van der Waals surface area contributed by atoms with E-state index in [1.165, 1.54) is 36.2 Å². The first-order valence-corrected chi connectivity index (χ1v) is 11.7. The van der Waals surface area contributed by atoms with Crippen molar-refractivity contribution in [1.82, 2.24) is 4.31 Å². The quantitative estimate of drug-likeness (QED) is 0.540. The van der Waals surface area contributed by atoms with Crippen LogP contribution in [-0.2, 0) is 14.8 Å². The molecule has 0 aliphatic heterocycles. The number of hydrogen-bond donors (Lipinski definition) is 1. The second-order valence-electron chi connectivity index (χ2n) is 6.98. The van der Waals surface area contributed by atoms with Crippen LogP contribution in [0.3, 0.4) is 0 Å². The molecule has 1 atom stereocenters. The minimum atomic E-state index is -3.61. The Bertz CT molecular complexity index is 1120. The topological polar surface area (TPSA) is 66.5 Å². The van der Waals surface area contributed by atoms with Crippen molar-refractivity contribution in [1.29, 1.82) is 0 Å². The lowest BCUT2D eigenvalue weighted by Gasteiger charge is -2.18. The highest BCUT2D eigenvalue weighted by Gasteiger charge is 2.24. The van der Waals surface area contributed by atoms with E-state index in [1.807, 2.05) is 60.7 Å². The van der Waals surface area contributed by atoms with E-state index in [0.717, 1.165) is 10.5 Å². The number of rotatable bonds is 7. The molecule has 0 radical (unpaired) electrons. The summed E-state index contributed by atoms with van der Waals surface area (Å²) in [6, 6.07) is 24.2. The molecular weight excluding hydrogens is 416 g/mol. The van der Waals surface area contributed by atoms with Crippen molar-refractivity contribution in [3.8, 4) is 0 Å². The molecule has 0 heterocycles. The standard InChI is InChI=1S/C23H24N2O3S2/c1-17-14-15-19(16-21(17)30(27,28)25(2)3)24-23(26)22(18-10-6-4-7-11-18)29-20-12-8-5-9-13-20/h4-16,22H,1-3H3,(H,24,26). The Hall–Kier alpha value is -2.61. The third-order valence-corrected chi connectivity index (χ3v) is 7.78. The molecule has 156 valence electrons. The number of nitrogens with one attached hydrogen (secondary N) is 1. The van der Waals surface area contributed by atoms with E-state index in [1.54, 1.807) is 19.1 Å². The zero-order valence-electron chi connectivity index (χ0n) is 17.1. The first kappa shape index (κ1) is 22.1. The van der Waals surface area contributed by atoms with E-state index in [-0.39, 0.29) is 10.8 Å². The summed E-state index contributed by atoms with van der Waals surface area (Å²) in [7, 11) is -0.634. The van der Waals surface area contributed by atoms with Crippen LogP contribution in [0.5, 0.6) is 0 Å². The van der Waals surface area contributed by atoms with Gasteiger partial charge >= 0.3 is 0 Å². The normalized spacial score (nSPS) is 12.5. The van der Waals surface area contributed by atoms with Crippen LogP contribution in [0, 0.1) is 6.92 Å². The minimum Gasteiger partial charge on any atom is -0.325 e. The number of anilines is 1. The van der Waals surface area contributed by atoms with Gasteiger partial charge < -0.3 is 5.32 Å². The van der Waals surface area contributed by atoms with Gasteiger partial charge in [0.05, 0.1) is 4.90 Å². The molecule has 5 nitrogen and oxygen atoms in total. The Morgan fingerprint density at radius 3 is 2.13 bits per heavy atom. The van der Waals surface area contributed by atoms with Gasteiger partial charge in [-0.25, -0.2) is 12.7 Å². The predicted molar refractivity (Wildman–Crippen MR) is 122 cm³/mol. The van der Waals surface area contributed by atoms with Gasteiger partial charge in [0.2, 0.25) is 15.9 Å². The van der Waals surface area contributed by atoms with Crippen molar-refractivity contribution >= 4 is 33.4 Å². The van der Waals surface area contributed by atoms with Crippen LogP contribution in [0.15, 0.2) is 88.7 Å². The molecule has 30 heavy (non-hydrogen) atoms. The molecule has 0 bridgehead atoms. The maximum atomic E-state index is 13.2. The summed E-state index contributed by atoms with van der Waals surface area (Å²) < 4.78 is 26.4. The largest absolute Gasteiger partial charge is 0.325 e. The van der Waals surface area contributed by atoms with Crippen molar-refractivity contribution in [2.75, 3.05) is 19.4 Å². The van der Waals surface area contributed by atoms with Gasteiger partial charge in [0.1, 0.15) is 5.25 Å². The van der Waals surface area contributed by atoms with Gasteiger partial charge in [-0.2, -0.15) is 0 Å². The van der Waals surface area contributed by atoms with E-state index in [9.17, 15) is 13.2 Å². The number of carbonyl (C=O) groups is 1. The average molecular weight is 441 g/mol. The molecule has 3 rings (SSSR count). The number of nitrogens with zero attached hydrogens (tertiary/aromatic N) is 1. The first-order chi connectivity index (χ1) is 14.3. The molecule has 0 spiro atoms. The summed E-state index contributed by atoms with van der Waals surface area (Å²) >= 11 is 1.45. The summed E-state index contributed by atoms with van der Waals surface area (Å²) in [4.78, 5) is 14.4. The van der Waals surface area contributed by atoms with Crippen LogP contribution in [-0.4, -0.2) is 32.7 Å². The number of thioether (sulfide) groups is 1. The first-order valence-electron chi connectivity index (χ1n) is 9.40. The SMILES string of the molecule is Cc1ccc(NC(=O)C(Sc2ccccc2)c2ccccc2)cc1S(=O)(=O)N(C)C. The molecule has 1 amide bonds. The summed E-state index contributed by atoms with van der Waals surface area (Å²) in [6.45, 7) is 1.74. The van der Waals surface area contributed by atoms with Gasteiger partial charge in [0.25, 0.3) is 0 Å². The Balaban J connectivity index is 1.91. The molecule has 1 unspecified atom stereocenters. The maximum absolute atomic E-state index is 13.2. The van der Waals surface area contributed by atoms with Gasteiger partial charge in [-0.1, -0.05) is 54.6 Å². The summed E-state index contributed by atoms with van der Waals surface area (Å²) in [6.07, 6.45) is 0. The number of carbonyl (C=O) groups excluding carboxylic acids is 1. The third kappa shape index (κ3) is 5.11. The van der Waals surface area contributed by atoms with Crippen LogP contribution in [0.2, 0.25) is 0 Å².